The highest BCUT2D eigenvalue weighted by molar-refractivity contribution is 5.34. The molecule has 0 saturated carbocycles. The third kappa shape index (κ3) is 2.44. The first kappa shape index (κ1) is 9.93. The lowest BCUT2D eigenvalue weighted by atomic mass is 10.2. The van der Waals surface area contributed by atoms with Crippen molar-refractivity contribution in [3.05, 3.63) is 48.3 Å². The van der Waals surface area contributed by atoms with E-state index in [9.17, 15) is 0 Å². The molecular formula is C12H15N3. The van der Waals surface area contributed by atoms with Gasteiger partial charge in [0.1, 0.15) is 0 Å². The highest BCUT2D eigenvalue weighted by Crippen LogP contribution is 2.09. The zero-order valence-electron chi connectivity index (χ0n) is 8.85. The van der Waals surface area contributed by atoms with E-state index < -0.39 is 0 Å². The highest BCUT2D eigenvalue weighted by atomic mass is 15.3. The van der Waals surface area contributed by atoms with E-state index in [2.05, 4.69) is 41.6 Å². The van der Waals surface area contributed by atoms with Gasteiger partial charge in [-0.3, -0.25) is 0 Å². The first-order valence-electron chi connectivity index (χ1n) is 5.20. The van der Waals surface area contributed by atoms with Crippen molar-refractivity contribution in [2.45, 2.75) is 13.5 Å². The molecular weight excluding hydrogens is 186 g/mol. The summed E-state index contributed by atoms with van der Waals surface area (Å²) < 4.78 is 1.87. The van der Waals surface area contributed by atoms with Gasteiger partial charge in [-0.05, 0) is 30.3 Å². The molecule has 0 aliphatic rings. The van der Waals surface area contributed by atoms with Crippen LogP contribution in [0, 0.1) is 0 Å². The van der Waals surface area contributed by atoms with Crippen LogP contribution in [0.2, 0.25) is 0 Å². The van der Waals surface area contributed by atoms with Crippen molar-refractivity contribution < 1.29 is 0 Å². The van der Waals surface area contributed by atoms with Crippen LogP contribution < -0.4 is 5.32 Å². The van der Waals surface area contributed by atoms with Gasteiger partial charge in [-0.25, -0.2) is 4.68 Å². The third-order valence-corrected chi connectivity index (χ3v) is 2.26. The van der Waals surface area contributed by atoms with Crippen molar-refractivity contribution in [3.63, 3.8) is 0 Å². The van der Waals surface area contributed by atoms with Crippen LogP contribution in [0.3, 0.4) is 0 Å². The second kappa shape index (κ2) is 4.75. The lowest BCUT2D eigenvalue weighted by molar-refractivity contribution is 0.725. The van der Waals surface area contributed by atoms with Gasteiger partial charge in [0.25, 0.3) is 0 Å². The summed E-state index contributed by atoms with van der Waals surface area (Å²) in [4.78, 5) is 0. The Morgan fingerprint density at radius 2 is 2.27 bits per heavy atom. The number of nitrogens with one attached hydrogen (secondary N) is 1. The second-order valence-electron chi connectivity index (χ2n) is 3.40. The number of benzene rings is 1. The molecule has 15 heavy (non-hydrogen) atoms. The molecule has 0 spiro atoms. The van der Waals surface area contributed by atoms with Crippen LogP contribution in [0.15, 0.2) is 42.7 Å². The Hall–Kier alpha value is -1.61. The molecule has 0 radical (unpaired) electrons. The van der Waals surface area contributed by atoms with Gasteiger partial charge in [-0.2, -0.15) is 5.10 Å². The Balaban J connectivity index is 2.19. The summed E-state index contributed by atoms with van der Waals surface area (Å²) in [6, 6.07) is 10.3. The van der Waals surface area contributed by atoms with Crippen LogP contribution in [0.4, 0.5) is 0 Å². The van der Waals surface area contributed by atoms with Crippen molar-refractivity contribution in [1.29, 1.82) is 0 Å². The van der Waals surface area contributed by atoms with Crippen LogP contribution >= 0.6 is 0 Å². The molecule has 0 fully saturated rings. The minimum Gasteiger partial charge on any atom is -0.313 e. The van der Waals surface area contributed by atoms with E-state index in [4.69, 9.17) is 0 Å². The molecule has 0 bridgehead atoms. The number of nitrogens with zero attached hydrogens (tertiary/aromatic N) is 2. The molecule has 78 valence electrons. The van der Waals surface area contributed by atoms with Crippen LogP contribution in [0.1, 0.15) is 12.5 Å². The Morgan fingerprint density at radius 1 is 1.33 bits per heavy atom. The van der Waals surface area contributed by atoms with Gasteiger partial charge in [0.05, 0.1) is 5.69 Å². The average molecular weight is 201 g/mol. The molecule has 0 amide bonds. The summed E-state index contributed by atoms with van der Waals surface area (Å²) in [6.07, 6.45) is 3.74. The zero-order chi connectivity index (χ0) is 10.5. The Labute approximate surface area is 89.7 Å². The Morgan fingerprint density at radius 3 is 3.00 bits per heavy atom. The zero-order valence-corrected chi connectivity index (χ0v) is 8.85. The van der Waals surface area contributed by atoms with E-state index in [0.29, 0.717) is 0 Å². The molecule has 1 aromatic heterocycles. The first-order chi connectivity index (χ1) is 7.40. The van der Waals surface area contributed by atoms with Crippen LogP contribution in [-0.2, 0) is 6.54 Å². The normalized spacial score (nSPS) is 10.5. The van der Waals surface area contributed by atoms with Crippen LogP contribution in [0.25, 0.3) is 5.69 Å². The Bertz CT molecular complexity index is 407. The SMILES string of the molecule is CCNCc1cccc(-n2cccn2)c1. The predicted molar refractivity (Wildman–Crippen MR) is 60.9 cm³/mol. The van der Waals surface area contributed by atoms with E-state index in [1.807, 2.05) is 16.9 Å². The fraction of sp³-hybridized carbons (Fsp3) is 0.250. The number of aromatic nitrogens is 2. The Kier molecular flexibility index (Phi) is 3.15. The van der Waals surface area contributed by atoms with Gasteiger partial charge in [-0.15, -0.1) is 0 Å². The maximum Gasteiger partial charge on any atom is 0.0648 e. The molecule has 0 aliphatic carbocycles. The van der Waals surface area contributed by atoms with Gasteiger partial charge in [-0.1, -0.05) is 19.1 Å². The summed E-state index contributed by atoms with van der Waals surface area (Å²) in [6.45, 7) is 4.01. The first-order valence-corrected chi connectivity index (χ1v) is 5.20. The molecule has 0 aliphatic heterocycles. The molecule has 3 heteroatoms. The molecule has 0 atom stereocenters. The average Bonchev–Trinajstić information content (AvgIpc) is 2.80. The van der Waals surface area contributed by atoms with E-state index in [1.54, 1.807) is 6.20 Å². The molecule has 2 rings (SSSR count). The van der Waals surface area contributed by atoms with Crippen molar-refractivity contribution in [1.82, 2.24) is 15.1 Å². The van der Waals surface area contributed by atoms with Crippen LogP contribution in [-0.4, -0.2) is 16.3 Å². The largest absolute Gasteiger partial charge is 0.313 e. The molecule has 1 N–H and O–H groups in total. The molecule has 0 unspecified atom stereocenters. The lowest BCUT2D eigenvalue weighted by Gasteiger charge is -2.05. The summed E-state index contributed by atoms with van der Waals surface area (Å²) in [5, 5.41) is 7.51. The van der Waals surface area contributed by atoms with E-state index >= 15 is 0 Å². The van der Waals surface area contributed by atoms with Crippen molar-refractivity contribution >= 4 is 0 Å². The van der Waals surface area contributed by atoms with E-state index in [0.717, 1.165) is 18.8 Å². The molecule has 3 nitrogen and oxygen atoms in total. The van der Waals surface area contributed by atoms with Crippen molar-refractivity contribution in [3.8, 4) is 5.69 Å². The fourth-order valence-electron chi connectivity index (χ4n) is 1.50. The van der Waals surface area contributed by atoms with Gasteiger partial charge in [0.15, 0.2) is 0 Å². The number of hydrogen-bond donors (Lipinski definition) is 1. The summed E-state index contributed by atoms with van der Waals surface area (Å²) in [7, 11) is 0. The topological polar surface area (TPSA) is 29.9 Å². The van der Waals surface area contributed by atoms with E-state index in [-0.39, 0.29) is 0 Å². The maximum atomic E-state index is 4.20. The monoisotopic (exact) mass is 201 g/mol. The second-order valence-corrected chi connectivity index (χ2v) is 3.40. The van der Waals surface area contributed by atoms with Crippen molar-refractivity contribution in [2.75, 3.05) is 6.54 Å². The van der Waals surface area contributed by atoms with Gasteiger partial charge in [0.2, 0.25) is 0 Å². The fourth-order valence-corrected chi connectivity index (χ4v) is 1.50. The minimum absolute atomic E-state index is 0.908. The molecule has 2 aromatic rings. The highest BCUT2D eigenvalue weighted by Gasteiger charge is 1.97. The van der Waals surface area contributed by atoms with Gasteiger partial charge >= 0.3 is 0 Å². The summed E-state index contributed by atoms with van der Waals surface area (Å²) in [5.74, 6) is 0. The van der Waals surface area contributed by atoms with Gasteiger partial charge in [0, 0.05) is 18.9 Å². The number of rotatable bonds is 4. The summed E-state index contributed by atoms with van der Waals surface area (Å²) >= 11 is 0. The lowest BCUT2D eigenvalue weighted by Crippen LogP contribution is -2.11. The molecule has 1 aromatic carbocycles. The molecule has 0 saturated heterocycles. The standard InChI is InChI=1S/C12H15N3/c1-2-13-10-11-5-3-6-12(9-11)15-8-4-7-14-15/h3-9,13H,2,10H2,1H3. The predicted octanol–water partition coefficient (Wildman–Crippen LogP) is 1.98. The molecule has 1 heterocycles. The maximum absolute atomic E-state index is 4.20. The summed E-state index contributed by atoms with van der Waals surface area (Å²) in [5.41, 5.74) is 2.39. The van der Waals surface area contributed by atoms with Gasteiger partial charge < -0.3 is 5.32 Å². The number of hydrogen-bond acceptors (Lipinski definition) is 2. The minimum atomic E-state index is 0.908. The van der Waals surface area contributed by atoms with Crippen molar-refractivity contribution in [2.24, 2.45) is 0 Å². The third-order valence-electron chi connectivity index (χ3n) is 2.26. The smallest absolute Gasteiger partial charge is 0.0648 e. The van der Waals surface area contributed by atoms with Crippen LogP contribution in [0.5, 0.6) is 0 Å². The van der Waals surface area contributed by atoms with E-state index in [1.165, 1.54) is 5.56 Å². The quantitative estimate of drug-likeness (QED) is 0.819.